The summed E-state index contributed by atoms with van der Waals surface area (Å²) in [6, 6.07) is 7.44. The zero-order chi connectivity index (χ0) is 13.8. The summed E-state index contributed by atoms with van der Waals surface area (Å²) < 4.78 is 0.917. The van der Waals surface area contributed by atoms with Gasteiger partial charge in [-0.1, -0.05) is 19.1 Å². The van der Waals surface area contributed by atoms with Crippen molar-refractivity contribution in [3.63, 3.8) is 0 Å². The molecule has 2 N–H and O–H groups in total. The summed E-state index contributed by atoms with van der Waals surface area (Å²) in [6.07, 6.45) is 0.451. The average Bonchev–Trinajstić information content (AvgIpc) is 2.53. The third-order valence-corrected chi connectivity index (χ3v) is 4.00. The Morgan fingerprint density at radius 1 is 1.47 bits per heavy atom. The number of carbonyl (C=O) groups is 1. The Hall–Kier alpha value is -0.910. The second-order valence-electron chi connectivity index (χ2n) is 4.98. The minimum atomic E-state index is -0.304. The molecule has 2 atom stereocenters. The van der Waals surface area contributed by atoms with Gasteiger partial charge in [0.15, 0.2) is 0 Å². The summed E-state index contributed by atoms with van der Waals surface area (Å²) in [5.41, 5.74) is 0.894. The molecule has 1 aliphatic heterocycles. The van der Waals surface area contributed by atoms with Crippen molar-refractivity contribution in [1.29, 1.82) is 0 Å². The van der Waals surface area contributed by atoms with Crippen molar-refractivity contribution in [2.45, 2.75) is 19.4 Å². The van der Waals surface area contributed by atoms with Gasteiger partial charge in [-0.2, -0.15) is 0 Å². The van der Waals surface area contributed by atoms with Crippen LogP contribution in [0.1, 0.15) is 13.3 Å². The minimum absolute atomic E-state index is 0.0155. The molecule has 1 aromatic rings. The molecule has 0 aliphatic carbocycles. The van der Waals surface area contributed by atoms with E-state index in [-0.39, 0.29) is 18.6 Å². The van der Waals surface area contributed by atoms with Gasteiger partial charge in [0.2, 0.25) is 5.91 Å². The van der Waals surface area contributed by atoms with Gasteiger partial charge in [-0.15, -0.1) is 0 Å². The molecule has 0 saturated carbocycles. The van der Waals surface area contributed by atoms with Crippen LogP contribution in [0.3, 0.4) is 0 Å². The number of rotatable bonds is 3. The lowest BCUT2D eigenvalue weighted by Crippen LogP contribution is -2.44. The first kappa shape index (κ1) is 14.5. The molecule has 2 unspecified atom stereocenters. The number of hydrogen-bond acceptors (Lipinski definition) is 3. The van der Waals surface area contributed by atoms with E-state index in [1.807, 2.05) is 29.2 Å². The van der Waals surface area contributed by atoms with E-state index in [1.54, 1.807) is 0 Å². The highest BCUT2D eigenvalue weighted by Gasteiger charge is 2.30. The Bertz CT molecular complexity index is 453. The fourth-order valence-electron chi connectivity index (χ4n) is 2.33. The van der Waals surface area contributed by atoms with Gasteiger partial charge in [0, 0.05) is 24.2 Å². The molecule has 1 saturated heterocycles. The minimum Gasteiger partial charge on any atom is -0.396 e. The number of nitrogens with one attached hydrogen (secondary N) is 1. The molecule has 1 amide bonds. The Kier molecular flexibility index (Phi) is 4.96. The van der Waals surface area contributed by atoms with Crippen LogP contribution < -0.4 is 10.2 Å². The number of nitrogens with zero attached hydrogens (tertiary/aromatic N) is 1. The normalized spacial score (nSPS) is 24.4. The van der Waals surface area contributed by atoms with Gasteiger partial charge in [0.25, 0.3) is 0 Å². The lowest BCUT2D eigenvalue weighted by molar-refractivity contribution is -0.120. The Morgan fingerprint density at radius 2 is 2.21 bits per heavy atom. The third-order valence-electron chi connectivity index (χ3n) is 3.33. The number of halogens is 1. The summed E-state index contributed by atoms with van der Waals surface area (Å²) in [5, 5.41) is 12.3. The molecular formula is C14H19BrN2O2. The highest BCUT2D eigenvalue weighted by atomic mass is 79.9. The molecule has 4 nitrogen and oxygen atoms in total. The molecule has 0 bridgehead atoms. The van der Waals surface area contributed by atoms with Crippen molar-refractivity contribution in [1.82, 2.24) is 5.32 Å². The van der Waals surface area contributed by atoms with Gasteiger partial charge in [-0.3, -0.25) is 4.79 Å². The summed E-state index contributed by atoms with van der Waals surface area (Å²) in [4.78, 5) is 14.4. The fraction of sp³-hybridized carbons (Fsp3) is 0.500. The van der Waals surface area contributed by atoms with Crippen LogP contribution in [0, 0.1) is 5.92 Å². The largest absolute Gasteiger partial charge is 0.396 e. The van der Waals surface area contributed by atoms with Crippen LogP contribution in [0.5, 0.6) is 0 Å². The standard InChI is InChI=1S/C14H19BrN2O2/c1-10-8-16-12(6-7-18)14(19)17(9-10)13-5-3-2-4-11(13)15/h2-5,10,12,16,18H,6-9H2,1H3. The summed E-state index contributed by atoms with van der Waals surface area (Å²) in [6.45, 7) is 3.61. The zero-order valence-corrected chi connectivity index (χ0v) is 12.6. The van der Waals surface area contributed by atoms with Crippen molar-refractivity contribution in [3.8, 4) is 0 Å². The van der Waals surface area contributed by atoms with E-state index >= 15 is 0 Å². The number of aliphatic hydroxyl groups is 1. The number of hydrogen-bond donors (Lipinski definition) is 2. The van der Waals surface area contributed by atoms with Crippen LogP contribution in [-0.2, 0) is 4.79 Å². The number of aliphatic hydroxyl groups excluding tert-OH is 1. The molecule has 1 aromatic carbocycles. The Morgan fingerprint density at radius 3 is 2.89 bits per heavy atom. The number of carbonyl (C=O) groups excluding carboxylic acids is 1. The van der Waals surface area contributed by atoms with Gasteiger partial charge in [-0.25, -0.2) is 0 Å². The van der Waals surface area contributed by atoms with Crippen molar-refractivity contribution >= 4 is 27.5 Å². The number of benzene rings is 1. The van der Waals surface area contributed by atoms with E-state index in [0.717, 1.165) is 16.7 Å². The lowest BCUT2D eigenvalue weighted by atomic mass is 10.1. The monoisotopic (exact) mass is 326 g/mol. The quantitative estimate of drug-likeness (QED) is 0.890. The molecular weight excluding hydrogens is 308 g/mol. The maximum atomic E-state index is 12.6. The predicted molar refractivity (Wildman–Crippen MR) is 79.2 cm³/mol. The molecule has 2 rings (SSSR count). The maximum absolute atomic E-state index is 12.6. The van der Waals surface area contributed by atoms with E-state index in [4.69, 9.17) is 5.11 Å². The van der Waals surface area contributed by atoms with E-state index in [1.165, 1.54) is 0 Å². The Labute approximate surface area is 121 Å². The second-order valence-corrected chi connectivity index (χ2v) is 5.83. The maximum Gasteiger partial charge on any atom is 0.244 e. The molecule has 0 aromatic heterocycles. The van der Waals surface area contributed by atoms with Gasteiger partial charge >= 0.3 is 0 Å². The topological polar surface area (TPSA) is 52.6 Å². The SMILES string of the molecule is CC1CNC(CCO)C(=O)N(c2ccccc2Br)C1. The van der Waals surface area contributed by atoms with E-state index in [0.29, 0.717) is 18.9 Å². The third kappa shape index (κ3) is 3.35. The van der Waals surface area contributed by atoms with Gasteiger partial charge in [-0.05, 0) is 40.4 Å². The van der Waals surface area contributed by atoms with Crippen LogP contribution >= 0.6 is 15.9 Å². The molecule has 1 heterocycles. The summed E-state index contributed by atoms with van der Waals surface area (Å²) >= 11 is 3.50. The zero-order valence-electron chi connectivity index (χ0n) is 11.0. The number of para-hydroxylation sites is 1. The van der Waals surface area contributed by atoms with Crippen molar-refractivity contribution in [3.05, 3.63) is 28.7 Å². The summed E-state index contributed by atoms with van der Waals surface area (Å²) in [7, 11) is 0. The molecule has 0 spiro atoms. The van der Waals surface area contributed by atoms with Crippen molar-refractivity contribution < 1.29 is 9.90 Å². The average molecular weight is 327 g/mol. The molecule has 1 fully saturated rings. The summed E-state index contributed by atoms with van der Waals surface area (Å²) in [5.74, 6) is 0.407. The fourth-order valence-corrected chi connectivity index (χ4v) is 2.83. The lowest BCUT2D eigenvalue weighted by Gasteiger charge is -2.26. The van der Waals surface area contributed by atoms with Crippen LogP contribution in [0.4, 0.5) is 5.69 Å². The van der Waals surface area contributed by atoms with E-state index in [9.17, 15) is 4.79 Å². The number of amides is 1. The van der Waals surface area contributed by atoms with E-state index in [2.05, 4.69) is 28.2 Å². The predicted octanol–water partition coefficient (Wildman–Crippen LogP) is 1.77. The van der Waals surface area contributed by atoms with Gasteiger partial charge in [0.1, 0.15) is 0 Å². The molecule has 104 valence electrons. The van der Waals surface area contributed by atoms with Crippen molar-refractivity contribution in [2.75, 3.05) is 24.6 Å². The molecule has 19 heavy (non-hydrogen) atoms. The van der Waals surface area contributed by atoms with E-state index < -0.39 is 0 Å². The molecule has 5 heteroatoms. The first-order chi connectivity index (χ1) is 9.13. The first-order valence-electron chi connectivity index (χ1n) is 6.53. The molecule has 0 radical (unpaired) electrons. The first-order valence-corrected chi connectivity index (χ1v) is 7.33. The highest BCUT2D eigenvalue weighted by Crippen LogP contribution is 2.28. The smallest absolute Gasteiger partial charge is 0.244 e. The number of anilines is 1. The van der Waals surface area contributed by atoms with Crippen LogP contribution in [0.2, 0.25) is 0 Å². The van der Waals surface area contributed by atoms with Gasteiger partial charge in [0.05, 0.1) is 11.7 Å². The highest BCUT2D eigenvalue weighted by molar-refractivity contribution is 9.10. The molecule has 1 aliphatic rings. The van der Waals surface area contributed by atoms with Crippen LogP contribution in [0.15, 0.2) is 28.7 Å². The Balaban J connectivity index is 2.30. The van der Waals surface area contributed by atoms with Crippen molar-refractivity contribution in [2.24, 2.45) is 5.92 Å². The second kappa shape index (κ2) is 6.50. The van der Waals surface area contributed by atoms with Crippen LogP contribution in [-0.4, -0.2) is 36.8 Å². The van der Waals surface area contributed by atoms with Gasteiger partial charge < -0.3 is 15.3 Å². The van der Waals surface area contributed by atoms with Crippen LogP contribution in [0.25, 0.3) is 0 Å².